The van der Waals surface area contributed by atoms with E-state index in [0.29, 0.717) is 5.38 Å². The van der Waals surface area contributed by atoms with Crippen LogP contribution in [0.25, 0.3) is 0 Å². The van der Waals surface area contributed by atoms with Gasteiger partial charge in [-0.2, -0.15) is 11.8 Å². The number of hydrogen-bond donors (Lipinski definition) is 0. The number of alkyl halides is 1. The van der Waals surface area contributed by atoms with Gasteiger partial charge in [0.2, 0.25) is 0 Å². The van der Waals surface area contributed by atoms with Crippen LogP contribution in [0, 0.1) is 11.8 Å². The third kappa shape index (κ3) is 3.37. The van der Waals surface area contributed by atoms with E-state index in [0.717, 1.165) is 18.4 Å². The van der Waals surface area contributed by atoms with Crippen molar-refractivity contribution in [2.45, 2.75) is 62.3 Å². The zero-order valence-electron chi connectivity index (χ0n) is 11.2. The molecular formula is C15H25ClOS. The Balaban J connectivity index is 1.47. The molecule has 0 N–H and O–H groups in total. The molecule has 1 nitrogen and oxygen atoms in total. The van der Waals surface area contributed by atoms with E-state index in [2.05, 4.69) is 11.8 Å². The summed E-state index contributed by atoms with van der Waals surface area (Å²) < 4.78 is 6.16. The monoisotopic (exact) mass is 288 g/mol. The standard InChI is InChI=1S/C15H25ClOS/c16-14(13-2-3-13)4-1-12-5-8-17-15(11-12)6-9-18-10-7-15/h12-14H,1-11H2. The summed E-state index contributed by atoms with van der Waals surface area (Å²) in [6.07, 6.45) is 10.5. The average molecular weight is 289 g/mol. The van der Waals surface area contributed by atoms with Crippen molar-refractivity contribution in [3.63, 3.8) is 0 Å². The van der Waals surface area contributed by atoms with Gasteiger partial charge in [-0.1, -0.05) is 0 Å². The molecule has 3 fully saturated rings. The molecule has 0 amide bonds. The topological polar surface area (TPSA) is 9.23 Å². The summed E-state index contributed by atoms with van der Waals surface area (Å²) in [7, 11) is 0. The highest BCUT2D eigenvalue weighted by molar-refractivity contribution is 7.99. The minimum atomic E-state index is 0.259. The molecule has 0 aromatic heterocycles. The van der Waals surface area contributed by atoms with Gasteiger partial charge in [-0.25, -0.2) is 0 Å². The SMILES string of the molecule is ClC(CCC1CCOC2(CCSCC2)C1)C1CC1. The van der Waals surface area contributed by atoms with E-state index in [1.165, 1.54) is 62.9 Å². The third-order valence-electron chi connectivity index (χ3n) is 4.98. The van der Waals surface area contributed by atoms with Crippen LogP contribution in [0.4, 0.5) is 0 Å². The van der Waals surface area contributed by atoms with Gasteiger partial charge in [-0.15, -0.1) is 11.6 Å². The summed E-state index contributed by atoms with van der Waals surface area (Å²) in [5.41, 5.74) is 0.259. The van der Waals surface area contributed by atoms with Crippen LogP contribution in [0.5, 0.6) is 0 Å². The molecule has 2 atom stereocenters. The Morgan fingerprint density at radius 2 is 2.00 bits per heavy atom. The van der Waals surface area contributed by atoms with E-state index < -0.39 is 0 Å². The number of hydrogen-bond acceptors (Lipinski definition) is 2. The highest BCUT2D eigenvalue weighted by Crippen LogP contribution is 2.43. The molecule has 3 aliphatic rings. The molecule has 2 heterocycles. The molecule has 2 aliphatic heterocycles. The smallest absolute Gasteiger partial charge is 0.0700 e. The lowest BCUT2D eigenvalue weighted by atomic mass is 9.80. The van der Waals surface area contributed by atoms with Crippen molar-refractivity contribution in [3.05, 3.63) is 0 Å². The lowest BCUT2D eigenvalue weighted by Gasteiger charge is -2.43. The van der Waals surface area contributed by atoms with Crippen molar-refractivity contribution >= 4 is 23.4 Å². The van der Waals surface area contributed by atoms with Crippen LogP contribution in [-0.4, -0.2) is 29.1 Å². The summed E-state index contributed by atoms with van der Waals surface area (Å²) >= 11 is 8.53. The molecule has 3 heteroatoms. The van der Waals surface area contributed by atoms with Gasteiger partial charge < -0.3 is 4.74 Å². The summed E-state index contributed by atoms with van der Waals surface area (Å²) in [6, 6.07) is 0. The van der Waals surface area contributed by atoms with E-state index in [1.54, 1.807) is 0 Å². The maximum Gasteiger partial charge on any atom is 0.0700 e. The maximum atomic E-state index is 6.44. The van der Waals surface area contributed by atoms with Crippen molar-refractivity contribution < 1.29 is 4.74 Å². The first-order chi connectivity index (χ1) is 8.77. The first-order valence-electron chi connectivity index (χ1n) is 7.63. The first-order valence-corrected chi connectivity index (χ1v) is 9.22. The molecule has 0 bridgehead atoms. The molecule has 2 unspecified atom stereocenters. The molecule has 0 aromatic rings. The fourth-order valence-corrected chi connectivity index (χ4v) is 5.17. The van der Waals surface area contributed by atoms with E-state index >= 15 is 0 Å². The van der Waals surface area contributed by atoms with Gasteiger partial charge in [-0.3, -0.25) is 0 Å². The van der Waals surface area contributed by atoms with Gasteiger partial charge in [0.05, 0.1) is 5.60 Å². The van der Waals surface area contributed by atoms with Crippen LogP contribution in [0.2, 0.25) is 0 Å². The largest absolute Gasteiger partial charge is 0.375 e. The molecule has 104 valence electrons. The maximum absolute atomic E-state index is 6.44. The molecule has 18 heavy (non-hydrogen) atoms. The fraction of sp³-hybridized carbons (Fsp3) is 1.00. The highest BCUT2D eigenvalue weighted by atomic mass is 35.5. The predicted molar refractivity (Wildman–Crippen MR) is 79.6 cm³/mol. The van der Waals surface area contributed by atoms with Crippen LogP contribution in [-0.2, 0) is 4.74 Å². The van der Waals surface area contributed by atoms with Crippen molar-refractivity contribution in [2.75, 3.05) is 18.1 Å². The van der Waals surface area contributed by atoms with Crippen molar-refractivity contribution in [1.29, 1.82) is 0 Å². The number of thioether (sulfide) groups is 1. The summed E-state index contributed by atoms with van der Waals surface area (Å²) in [5, 5.41) is 0.464. The fourth-order valence-electron chi connectivity index (χ4n) is 3.56. The molecule has 1 saturated carbocycles. The molecular weight excluding hydrogens is 264 g/mol. The average Bonchev–Trinajstić information content (AvgIpc) is 3.21. The minimum Gasteiger partial charge on any atom is -0.375 e. The van der Waals surface area contributed by atoms with Crippen LogP contribution in [0.15, 0.2) is 0 Å². The second-order valence-electron chi connectivity index (χ2n) is 6.43. The summed E-state index contributed by atoms with van der Waals surface area (Å²) in [6.45, 7) is 0.992. The lowest BCUT2D eigenvalue weighted by molar-refractivity contribution is -0.103. The number of halogens is 1. The van der Waals surface area contributed by atoms with Crippen molar-refractivity contribution in [1.82, 2.24) is 0 Å². The quantitative estimate of drug-likeness (QED) is 0.706. The van der Waals surface area contributed by atoms with Crippen LogP contribution < -0.4 is 0 Å². The molecule has 3 rings (SSSR count). The van der Waals surface area contributed by atoms with Crippen LogP contribution in [0.1, 0.15) is 51.4 Å². The van der Waals surface area contributed by atoms with Gasteiger partial charge >= 0.3 is 0 Å². The first kappa shape index (κ1) is 13.6. The van der Waals surface area contributed by atoms with Crippen molar-refractivity contribution in [2.24, 2.45) is 11.8 Å². The Bertz CT molecular complexity index is 268. The van der Waals surface area contributed by atoms with Gasteiger partial charge in [0, 0.05) is 12.0 Å². The second kappa shape index (κ2) is 5.93. The third-order valence-corrected chi connectivity index (χ3v) is 6.54. The Labute approximate surface area is 120 Å². The summed E-state index contributed by atoms with van der Waals surface area (Å²) in [4.78, 5) is 0. The Kier molecular flexibility index (Phi) is 4.47. The van der Waals surface area contributed by atoms with Gasteiger partial charge in [0.1, 0.15) is 0 Å². The summed E-state index contributed by atoms with van der Waals surface area (Å²) in [5.74, 6) is 4.33. The van der Waals surface area contributed by atoms with E-state index in [-0.39, 0.29) is 5.60 Å². The van der Waals surface area contributed by atoms with Gasteiger partial charge in [0.25, 0.3) is 0 Å². The van der Waals surface area contributed by atoms with Gasteiger partial charge in [-0.05, 0) is 74.7 Å². The lowest BCUT2D eigenvalue weighted by Crippen LogP contribution is -2.42. The minimum absolute atomic E-state index is 0.259. The zero-order chi connectivity index (χ0) is 12.4. The predicted octanol–water partition coefficient (Wildman–Crippen LogP) is 4.48. The Hall–Kier alpha value is 0.600. The molecule has 1 spiro atoms. The molecule has 0 aromatic carbocycles. The molecule has 1 aliphatic carbocycles. The van der Waals surface area contributed by atoms with Crippen LogP contribution >= 0.6 is 23.4 Å². The zero-order valence-corrected chi connectivity index (χ0v) is 12.8. The van der Waals surface area contributed by atoms with E-state index in [4.69, 9.17) is 16.3 Å². The number of rotatable bonds is 4. The molecule has 2 saturated heterocycles. The van der Waals surface area contributed by atoms with E-state index in [9.17, 15) is 0 Å². The second-order valence-corrected chi connectivity index (χ2v) is 8.22. The molecule has 0 radical (unpaired) electrons. The van der Waals surface area contributed by atoms with Crippen molar-refractivity contribution in [3.8, 4) is 0 Å². The normalized spacial score (nSPS) is 33.5. The number of ether oxygens (including phenoxy) is 1. The van der Waals surface area contributed by atoms with Crippen LogP contribution in [0.3, 0.4) is 0 Å². The van der Waals surface area contributed by atoms with Gasteiger partial charge in [0.15, 0.2) is 0 Å². The highest BCUT2D eigenvalue weighted by Gasteiger charge is 2.39. The Morgan fingerprint density at radius 3 is 2.72 bits per heavy atom. The van der Waals surface area contributed by atoms with E-state index in [1.807, 2.05) is 0 Å². The Morgan fingerprint density at radius 1 is 1.22 bits per heavy atom.